The van der Waals surface area contributed by atoms with Crippen molar-refractivity contribution in [1.29, 1.82) is 0 Å². The molecule has 0 bridgehead atoms. The van der Waals surface area contributed by atoms with Crippen LogP contribution < -0.4 is 4.90 Å². The molecule has 0 amide bonds. The fourth-order valence-electron chi connectivity index (χ4n) is 4.75. The zero-order chi connectivity index (χ0) is 18.2. The molecule has 0 spiro atoms. The minimum atomic E-state index is 0.725. The number of anilines is 1. The van der Waals surface area contributed by atoms with Crippen LogP contribution in [-0.2, 0) is 0 Å². The van der Waals surface area contributed by atoms with E-state index in [0.29, 0.717) is 0 Å². The largest absolute Gasteiger partial charge is 0.356 e. The number of para-hydroxylation sites is 1. The number of aromatic nitrogens is 4. The van der Waals surface area contributed by atoms with Crippen LogP contribution in [0.4, 0.5) is 5.82 Å². The first kappa shape index (κ1) is 16.7. The van der Waals surface area contributed by atoms with Gasteiger partial charge in [0.1, 0.15) is 12.1 Å². The highest BCUT2D eigenvalue weighted by Gasteiger charge is 2.31. The van der Waals surface area contributed by atoms with Crippen molar-refractivity contribution in [1.82, 2.24) is 24.6 Å². The predicted octanol–water partition coefficient (Wildman–Crippen LogP) is 3.27. The van der Waals surface area contributed by atoms with Gasteiger partial charge in [0, 0.05) is 25.2 Å². The van der Waals surface area contributed by atoms with Gasteiger partial charge in [0.25, 0.3) is 0 Å². The van der Waals surface area contributed by atoms with Gasteiger partial charge in [-0.3, -0.25) is 4.90 Å². The Bertz CT molecular complexity index is 913. The minimum absolute atomic E-state index is 0.725. The van der Waals surface area contributed by atoms with Crippen molar-refractivity contribution in [2.24, 2.45) is 0 Å². The highest BCUT2D eigenvalue weighted by atomic mass is 15.3. The third-order valence-electron chi connectivity index (χ3n) is 6.18. The highest BCUT2D eigenvalue weighted by Crippen LogP contribution is 2.30. The first-order valence-electron chi connectivity index (χ1n) is 10.1. The number of likely N-dealkylation sites (tertiary alicyclic amines) is 1. The Morgan fingerprint density at radius 3 is 2.52 bits per heavy atom. The number of benzene rings is 1. The summed E-state index contributed by atoms with van der Waals surface area (Å²) in [5, 5.41) is 5.62. The Morgan fingerprint density at radius 2 is 1.78 bits per heavy atom. The molecule has 27 heavy (non-hydrogen) atoms. The predicted molar refractivity (Wildman–Crippen MR) is 107 cm³/mol. The van der Waals surface area contributed by atoms with Gasteiger partial charge >= 0.3 is 0 Å². The van der Waals surface area contributed by atoms with Crippen LogP contribution in [0, 0.1) is 0 Å². The topological polar surface area (TPSA) is 50.1 Å². The van der Waals surface area contributed by atoms with Crippen LogP contribution in [0.3, 0.4) is 0 Å². The SMILES string of the molecule is CC1CCCN1C1CCN(c2ncnc3c2cnn3-c2ccccc2)CC1. The monoisotopic (exact) mass is 362 g/mol. The molecule has 2 aliphatic rings. The summed E-state index contributed by atoms with van der Waals surface area (Å²) in [7, 11) is 0. The minimum Gasteiger partial charge on any atom is -0.356 e. The molecule has 3 aromatic rings. The Balaban J connectivity index is 1.39. The van der Waals surface area contributed by atoms with Gasteiger partial charge < -0.3 is 4.90 Å². The van der Waals surface area contributed by atoms with E-state index in [1.807, 2.05) is 29.1 Å². The molecular formula is C21H26N6. The summed E-state index contributed by atoms with van der Waals surface area (Å²) in [4.78, 5) is 14.3. The van der Waals surface area contributed by atoms with Gasteiger partial charge in [-0.2, -0.15) is 5.10 Å². The normalized spacial score (nSPS) is 22.0. The molecule has 0 N–H and O–H groups in total. The average Bonchev–Trinajstić information content (AvgIpc) is 3.35. The van der Waals surface area contributed by atoms with E-state index < -0.39 is 0 Å². The van der Waals surface area contributed by atoms with Crippen LogP contribution >= 0.6 is 0 Å². The lowest BCUT2D eigenvalue weighted by Gasteiger charge is -2.39. The maximum atomic E-state index is 4.62. The smallest absolute Gasteiger partial charge is 0.168 e. The molecule has 6 heteroatoms. The molecule has 1 unspecified atom stereocenters. The van der Waals surface area contributed by atoms with Crippen LogP contribution in [0.25, 0.3) is 16.7 Å². The Morgan fingerprint density at radius 1 is 0.963 bits per heavy atom. The number of piperidine rings is 1. The van der Waals surface area contributed by atoms with Crippen LogP contribution in [0.5, 0.6) is 0 Å². The van der Waals surface area contributed by atoms with E-state index in [1.165, 1.54) is 32.2 Å². The summed E-state index contributed by atoms with van der Waals surface area (Å²) in [6, 6.07) is 11.6. The van der Waals surface area contributed by atoms with Crippen LogP contribution in [0.15, 0.2) is 42.9 Å². The van der Waals surface area contributed by atoms with Crippen LogP contribution in [0.2, 0.25) is 0 Å². The van der Waals surface area contributed by atoms with E-state index in [4.69, 9.17) is 0 Å². The maximum absolute atomic E-state index is 4.62. The zero-order valence-corrected chi connectivity index (χ0v) is 15.8. The lowest BCUT2D eigenvalue weighted by Crippen LogP contribution is -2.46. The summed E-state index contributed by atoms with van der Waals surface area (Å²) in [6.45, 7) is 5.76. The molecule has 5 rings (SSSR count). The molecule has 1 aromatic carbocycles. The van der Waals surface area contributed by atoms with Crippen molar-refractivity contribution < 1.29 is 0 Å². The lowest BCUT2D eigenvalue weighted by atomic mass is 10.0. The van der Waals surface area contributed by atoms with Crippen molar-refractivity contribution in [2.75, 3.05) is 24.5 Å². The molecule has 0 aliphatic carbocycles. The van der Waals surface area contributed by atoms with E-state index in [9.17, 15) is 0 Å². The fourth-order valence-corrected chi connectivity index (χ4v) is 4.75. The van der Waals surface area contributed by atoms with E-state index in [2.05, 4.69) is 43.9 Å². The molecule has 2 aromatic heterocycles. The lowest BCUT2D eigenvalue weighted by molar-refractivity contribution is 0.163. The van der Waals surface area contributed by atoms with Gasteiger partial charge in [-0.05, 0) is 51.3 Å². The average molecular weight is 362 g/mol. The molecule has 0 saturated carbocycles. The number of rotatable bonds is 3. The van der Waals surface area contributed by atoms with Gasteiger partial charge in [-0.25, -0.2) is 14.6 Å². The van der Waals surface area contributed by atoms with E-state index in [1.54, 1.807) is 6.33 Å². The Hall–Kier alpha value is -2.47. The van der Waals surface area contributed by atoms with Crippen molar-refractivity contribution in [3.05, 3.63) is 42.9 Å². The maximum Gasteiger partial charge on any atom is 0.168 e. The number of nitrogens with zero attached hydrogens (tertiary/aromatic N) is 6. The third-order valence-corrected chi connectivity index (χ3v) is 6.18. The Labute approximate surface area is 159 Å². The standard InChI is InChI=1S/C21H26N6/c1-16-6-5-11-26(16)17-9-12-25(13-10-17)20-19-14-24-27(21(19)23-15-22-20)18-7-3-2-4-8-18/h2-4,7-8,14-17H,5-6,9-13H2,1H3. The van der Waals surface area contributed by atoms with Gasteiger partial charge in [-0.1, -0.05) is 18.2 Å². The molecule has 4 heterocycles. The van der Waals surface area contributed by atoms with E-state index >= 15 is 0 Å². The summed E-state index contributed by atoms with van der Waals surface area (Å²) in [5.41, 5.74) is 1.90. The van der Waals surface area contributed by atoms with Crippen molar-refractivity contribution in [3.63, 3.8) is 0 Å². The molecular weight excluding hydrogens is 336 g/mol. The van der Waals surface area contributed by atoms with Crippen molar-refractivity contribution >= 4 is 16.9 Å². The molecule has 2 saturated heterocycles. The quantitative estimate of drug-likeness (QED) is 0.716. The number of hydrogen-bond donors (Lipinski definition) is 0. The second-order valence-electron chi connectivity index (χ2n) is 7.77. The number of hydrogen-bond acceptors (Lipinski definition) is 5. The Kier molecular flexibility index (Phi) is 4.28. The molecule has 6 nitrogen and oxygen atoms in total. The summed E-state index contributed by atoms with van der Waals surface area (Å²) < 4.78 is 1.90. The summed E-state index contributed by atoms with van der Waals surface area (Å²) >= 11 is 0. The molecule has 2 fully saturated rings. The second kappa shape index (κ2) is 6.93. The third kappa shape index (κ3) is 2.98. The molecule has 0 radical (unpaired) electrons. The van der Waals surface area contributed by atoms with Gasteiger partial charge in [0.05, 0.1) is 17.3 Å². The van der Waals surface area contributed by atoms with Gasteiger partial charge in [0.15, 0.2) is 5.65 Å². The van der Waals surface area contributed by atoms with Crippen molar-refractivity contribution in [2.45, 2.75) is 44.7 Å². The number of fused-ring (bicyclic) bond motifs is 1. The van der Waals surface area contributed by atoms with Crippen molar-refractivity contribution in [3.8, 4) is 5.69 Å². The van der Waals surface area contributed by atoms with E-state index in [0.717, 1.165) is 47.7 Å². The highest BCUT2D eigenvalue weighted by molar-refractivity contribution is 5.87. The molecule has 140 valence electrons. The second-order valence-corrected chi connectivity index (χ2v) is 7.77. The first-order chi connectivity index (χ1) is 13.3. The van der Waals surface area contributed by atoms with Gasteiger partial charge in [0.2, 0.25) is 0 Å². The zero-order valence-electron chi connectivity index (χ0n) is 15.8. The van der Waals surface area contributed by atoms with Crippen LogP contribution in [0.1, 0.15) is 32.6 Å². The van der Waals surface area contributed by atoms with Crippen LogP contribution in [-0.4, -0.2) is 56.4 Å². The summed E-state index contributed by atoms with van der Waals surface area (Å²) in [6.07, 6.45) is 8.71. The first-order valence-corrected chi connectivity index (χ1v) is 10.1. The summed E-state index contributed by atoms with van der Waals surface area (Å²) in [5.74, 6) is 1.02. The fraction of sp³-hybridized carbons (Fsp3) is 0.476. The molecule has 1 atom stereocenters. The van der Waals surface area contributed by atoms with Gasteiger partial charge in [-0.15, -0.1) is 0 Å². The molecule has 2 aliphatic heterocycles. The van der Waals surface area contributed by atoms with E-state index in [-0.39, 0.29) is 0 Å².